The van der Waals surface area contributed by atoms with Crippen molar-refractivity contribution in [1.29, 1.82) is 0 Å². The van der Waals surface area contributed by atoms with Crippen LogP contribution in [0.15, 0.2) is 11.5 Å². The fourth-order valence-electron chi connectivity index (χ4n) is 4.79. The highest BCUT2D eigenvalue weighted by atomic mass is 32.2. The van der Waals surface area contributed by atoms with Gasteiger partial charge in [0.05, 0.1) is 0 Å². The summed E-state index contributed by atoms with van der Waals surface area (Å²) < 4.78 is 0. The third kappa shape index (κ3) is 2.60. The molecule has 4 aliphatic heterocycles. The van der Waals surface area contributed by atoms with Crippen LogP contribution in [0.3, 0.4) is 0 Å². The minimum absolute atomic E-state index is 0.359. The van der Waals surface area contributed by atoms with Crippen molar-refractivity contribution in [3.63, 3.8) is 0 Å². The predicted octanol–water partition coefficient (Wildman–Crippen LogP) is 3.85. The molecular weight excluding hydrogens is 280 g/mol. The maximum Gasteiger partial charge on any atom is 0.320 e. The van der Waals surface area contributed by atoms with E-state index in [1.54, 1.807) is 0 Å². The molecule has 0 N–H and O–H groups in total. The number of urea groups is 1. The average Bonchev–Trinajstić information content (AvgIpc) is 3.14. The van der Waals surface area contributed by atoms with Gasteiger partial charge in [0.1, 0.15) is 0 Å². The van der Waals surface area contributed by atoms with E-state index in [0.717, 1.165) is 24.3 Å². The number of amides is 2. The molecule has 3 saturated heterocycles. The van der Waals surface area contributed by atoms with Gasteiger partial charge in [-0.25, -0.2) is 4.79 Å². The highest BCUT2D eigenvalue weighted by molar-refractivity contribution is 8.03. The van der Waals surface area contributed by atoms with Gasteiger partial charge < -0.3 is 9.80 Å². The van der Waals surface area contributed by atoms with Crippen LogP contribution in [-0.2, 0) is 0 Å². The summed E-state index contributed by atoms with van der Waals surface area (Å²) in [6.45, 7) is 1.97. The van der Waals surface area contributed by atoms with E-state index in [2.05, 4.69) is 21.3 Å². The van der Waals surface area contributed by atoms with Crippen LogP contribution in [0.5, 0.6) is 0 Å². The Labute approximate surface area is 132 Å². The molecule has 2 amide bonds. The van der Waals surface area contributed by atoms with Crippen LogP contribution in [0.4, 0.5) is 4.79 Å². The lowest BCUT2D eigenvalue weighted by atomic mass is 9.87. The number of rotatable bonds is 1. The van der Waals surface area contributed by atoms with Crippen molar-refractivity contribution in [1.82, 2.24) is 9.80 Å². The summed E-state index contributed by atoms with van der Waals surface area (Å²) in [7, 11) is 0. The molecule has 0 spiro atoms. The first-order chi connectivity index (χ1) is 10.3. The maximum atomic E-state index is 12.9. The number of piperidine rings is 2. The van der Waals surface area contributed by atoms with Gasteiger partial charge in [-0.3, -0.25) is 0 Å². The van der Waals surface area contributed by atoms with Crippen LogP contribution in [0.1, 0.15) is 51.4 Å². The Morgan fingerprint density at radius 2 is 1.76 bits per heavy atom. The Morgan fingerprint density at radius 1 is 1.05 bits per heavy atom. The van der Waals surface area contributed by atoms with E-state index in [-0.39, 0.29) is 0 Å². The lowest BCUT2D eigenvalue weighted by Gasteiger charge is -2.43. The van der Waals surface area contributed by atoms with Crippen molar-refractivity contribution < 1.29 is 4.79 Å². The van der Waals surface area contributed by atoms with E-state index in [9.17, 15) is 4.79 Å². The van der Waals surface area contributed by atoms with E-state index in [1.807, 2.05) is 11.8 Å². The number of allylic oxidation sites excluding steroid dienone is 1. The van der Waals surface area contributed by atoms with E-state index >= 15 is 0 Å². The quantitative estimate of drug-likeness (QED) is 0.734. The zero-order valence-corrected chi connectivity index (χ0v) is 13.6. The molecule has 3 fully saturated rings. The topological polar surface area (TPSA) is 23.6 Å². The smallest absolute Gasteiger partial charge is 0.320 e. The molecule has 0 saturated carbocycles. The number of carbonyl (C=O) groups is 1. The van der Waals surface area contributed by atoms with Crippen LogP contribution in [0.2, 0.25) is 0 Å². The minimum atomic E-state index is 0.359. The van der Waals surface area contributed by atoms with E-state index in [4.69, 9.17) is 0 Å². The number of hydrogen-bond donors (Lipinski definition) is 0. The normalized spacial score (nSPS) is 39.0. The highest BCUT2D eigenvalue weighted by Crippen LogP contribution is 2.45. The molecule has 2 bridgehead atoms. The third-order valence-corrected chi connectivity index (χ3v) is 7.14. The van der Waals surface area contributed by atoms with Crippen molar-refractivity contribution in [2.75, 3.05) is 13.1 Å². The van der Waals surface area contributed by atoms with Gasteiger partial charge in [0.25, 0.3) is 0 Å². The van der Waals surface area contributed by atoms with Gasteiger partial charge in [-0.1, -0.05) is 6.08 Å². The number of likely N-dealkylation sites (tertiary alicyclic amines) is 1. The average molecular weight is 306 g/mol. The molecule has 4 aliphatic rings. The first kappa shape index (κ1) is 14.0. The molecule has 4 heteroatoms. The molecule has 116 valence electrons. The van der Waals surface area contributed by atoms with Crippen molar-refractivity contribution in [3.05, 3.63) is 11.5 Å². The summed E-state index contributed by atoms with van der Waals surface area (Å²) in [6.07, 6.45) is 12.2. The Balaban J connectivity index is 1.42. The van der Waals surface area contributed by atoms with E-state index in [1.165, 1.54) is 51.4 Å². The molecular formula is C17H26N2OS. The Morgan fingerprint density at radius 3 is 2.38 bits per heavy atom. The van der Waals surface area contributed by atoms with E-state index in [0.29, 0.717) is 18.1 Å². The zero-order chi connectivity index (χ0) is 14.2. The Bertz CT molecular complexity index is 411. The maximum absolute atomic E-state index is 12.9. The number of fused-ring (bicyclic) bond motifs is 2. The van der Waals surface area contributed by atoms with Gasteiger partial charge in [0.2, 0.25) is 0 Å². The van der Waals surface area contributed by atoms with Gasteiger partial charge in [0, 0.05) is 30.4 Å². The molecule has 0 radical (unpaired) electrons. The van der Waals surface area contributed by atoms with Crippen LogP contribution >= 0.6 is 11.8 Å². The number of carbonyl (C=O) groups excluding carboxylic acids is 1. The standard InChI is InChI=1S/C17H26N2OS/c20-17(18-8-2-1-3-9-18)19-14-6-7-15(19)12-13(11-14)16-5-4-10-21-16/h4,10,13-16H,1-3,5-9,11-12H2/t13-,14+,15-,16?. The summed E-state index contributed by atoms with van der Waals surface area (Å²) in [5.41, 5.74) is 0. The molecule has 21 heavy (non-hydrogen) atoms. The molecule has 0 aromatic rings. The minimum Gasteiger partial charge on any atom is -0.325 e. The van der Waals surface area contributed by atoms with Crippen molar-refractivity contribution in [2.24, 2.45) is 5.92 Å². The second-order valence-corrected chi connectivity index (χ2v) is 8.29. The van der Waals surface area contributed by atoms with E-state index < -0.39 is 0 Å². The van der Waals surface area contributed by atoms with Gasteiger partial charge >= 0.3 is 6.03 Å². The van der Waals surface area contributed by atoms with Gasteiger partial charge in [-0.2, -0.15) is 0 Å². The molecule has 4 heterocycles. The van der Waals surface area contributed by atoms with Crippen LogP contribution in [-0.4, -0.2) is 46.3 Å². The monoisotopic (exact) mass is 306 g/mol. The Hall–Kier alpha value is -0.640. The first-order valence-corrected chi connectivity index (χ1v) is 9.65. The fourth-order valence-corrected chi connectivity index (χ4v) is 5.88. The summed E-state index contributed by atoms with van der Waals surface area (Å²) in [5.74, 6) is 0.827. The summed E-state index contributed by atoms with van der Waals surface area (Å²) in [4.78, 5) is 17.3. The van der Waals surface area contributed by atoms with Gasteiger partial charge in [-0.05, 0) is 62.7 Å². The van der Waals surface area contributed by atoms with Crippen LogP contribution in [0, 0.1) is 5.92 Å². The SMILES string of the molecule is O=C(N1CCCCC1)N1[C@@H]2CC[C@H]1C[C@@H](C1CC=CS1)C2. The number of hydrogen-bond acceptors (Lipinski definition) is 2. The second kappa shape index (κ2) is 5.86. The second-order valence-electron chi connectivity index (χ2n) is 7.14. The van der Waals surface area contributed by atoms with Crippen molar-refractivity contribution in [2.45, 2.75) is 68.7 Å². The molecule has 3 nitrogen and oxygen atoms in total. The zero-order valence-electron chi connectivity index (χ0n) is 12.7. The predicted molar refractivity (Wildman–Crippen MR) is 87.3 cm³/mol. The fraction of sp³-hybridized carbons (Fsp3) is 0.824. The molecule has 0 aromatic carbocycles. The highest BCUT2D eigenvalue weighted by Gasteiger charge is 2.46. The van der Waals surface area contributed by atoms with Gasteiger partial charge in [-0.15, -0.1) is 11.8 Å². The number of thioether (sulfide) groups is 1. The third-order valence-electron chi connectivity index (χ3n) is 5.86. The van der Waals surface area contributed by atoms with Crippen LogP contribution < -0.4 is 0 Å². The van der Waals surface area contributed by atoms with Crippen molar-refractivity contribution >= 4 is 17.8 Å². The summed E-state index contributed by atoms with van der Waals surface area (Å²) in [5, 5.41) is 3.07. The Kier molecular flexibility index (Phi) is 3.91. The lowest BCUT2D eigenvalue weighted by Crippen LogP contribution is -2.54. The van der Waals surface area contributed by atoms with Crippen LogP contribution in [0.25, 0.3) is 0 Å². The molecule has 0 aliphatic carbocycles. The molecule has 4 atom stereocenters. The molecule has 0 aromatic heterocycles. The summed E-state index contributed by atoms with van der Waals surface area (Å²) in [6, 6.07) is 1.42. The molecule has 1 unspecified atom stereocenters. The lowest BCUT2D eigenvalue weighted by molar-refractivity contribution is 0.0877. The molecule has 4 rings (SSSR count). The first-order valence-electron chi connectivity index (χ1n) is 8.70. The number of nitrogens with zero attached hydrogens (tertiary/aromatic N) is 2. The van der Waals surface area contributed by atoms with Gasteiger partial charge in [0.15, 0.2) is 0 Å². The summed E-state index contributed by atoms with van der Waals surface area (Å²) >= 11 is 2.02. The van der Waals surface area contributed by atoms with Crippen molar-refractivity contribution in [3.8, 4) is 0 Å². The largest absolute Gasteiger partial charge is 0.325 e.